The van der Waals surface area contributed by atoms with Crippen molar-refractivity contribution in [3.8, 4) is 0 Å². The summed E-state index contributed by atoms with van der Waals surface area (Å²) in [6, 6.07) is 23.8. The zero-order valence-corrected chi connectivity index (χ0v) is 20.6. The van der Waals surface area contributed by atoms with E-state index in [0.717, 1.165) is 22.3 Å². The van der Waals surface area contributed by atoms with Crippen molar-refractivity contribution >= 4 is 28.9 Å². The number of allylic oxidation sites excluding steroid dienone is 3. The average molecular weight is 474 g/mol. The van der Waals surface area contributed by atoms with Gasteiger partial charge >= 0.3 is 0 Å². The molecule has 0 radical (unpaired) electrons. The van der Waals surface area contributed by atoms with E-state index >= 15 is 0 Å². The van der Waals surface area contributed by atoms with E-state index in [2.05, 4.69) is 74.5 Å². The summed E-state index contributed by atoms with van der Waals surface area (Å²) < 4.78 is 0. The number of hydrogen-bond acceptors (Lipinski definition) is 3. The monoisotopic (exact) mass is 473 g/mol. The number of benzene rings is 3. The molecule has 4 heteroatoms. The Kier molecular flexibility index (Phi) is 5.15. The number of amides is 2. The highest BCUT2D eigenvalue weighted by molar-refractivity contribution is 6.23. The number of anilines is 1. The Morgan fingerprint density at radius 3 is 1.67 bits per heavy atom. The van der Waals surface area contributed by atoms with Gasteiger partial charge in [-0.2, -0.15) is 0 Å². The zero-order valence-electron chi connectivity index (χ0n) is 20.6. The number of ketones is 1. The molecular formula is C32H27NO3. The van der Waals surface area contributed by atoms with Gasteiger partial charge in [0, 0.05) is 17.4 Å². The Morgan fingerprint density at radius 2 is 1.19 bits per heavy atom. The fourth-order valence-electron chi connectivity index (χ4n) is 6.16. The Balaban J connectivity index is 1.47. The first-order valence-electron chi connectivity index (χ1n) is 12.4. The van der Waals surface area contributed by atoms with Crippen LogP contribution < -0.4 is 4.90 Å². The fourth-order valence-corrected chi connectivity index (χ4v) is 6.16. The molecule has 0 aromatic heterocycles. The second kappa shape index (κ2) is 8.27. The van der Waals surface area contributed by atoms with Crippen LogP contribution >= 0.6 is 0 Å². The molecule has 2 amide bonds. The first-order chi connectivity index (χ1) is 17.3. The first kappa shape index (κ1) is 22.4. The van der Waals surface area contributed by atoms with Gasteiger partial charge in [0.15, 0.2) is 5.78 Å². The number of fused-ring (bicyclic) bond motifs is 5. The van der Waals surface area contributed by atoms with Gasteiger partial charge in [-0.25, -0.2) is 4.90 Å². The van der Waals surface area contributed by atoms with Crippen LogP contribution in [-0.2, 0) is 9.59 Å². The van der Waals surface area contributed by atoms with E-state index in [9.17, 15) is 14.4 Å². The minimum atomic E-state index is -0.422. The molecule has 2 bridgehead atoms. The standard InChI is InChI=1S/C32H27NO3/c1-18-7-11-21(12-8-18)27(22-13-9-19(2)10-14-22)28-25-15-16-26(28)30-29(25)31(35)33(32(30)36)24-6-4-5-23(17-24)20(3)34/h4-17,25-26,29-30H,1-3H3/t25-,26-,29-,30+/m0/s1. The third kappa shape index (κ3) is 3.32. The van der Waals surface area contributed by atoms with Crippen molar-refractivity contribution in [3.63, 3.8) is 0 Å². The quantitative estimate of drug-likeness (QED) is 0.268. The summed E-state index contributed by atoms with van der Waals surface area (Å²) in [4.78, 5) is 40.7. The van der Waals surface area contributed by atoms with Gasteiger partial charge < -0.3 is 0 Å². The van der Waals surface area contributed by atoms with Crippen LogP contribution in [0, 0.1) is 37.5 Å². The average Bonchev–Trinajstić information content (AvgIpc) is 3.50. The summed E-state index contributed by atoms with van der Waals surface area (Å²) in [7, 11) is 0. The maximum atomic E-state index is 13.8. The number of carbonyl (C=O) groups excluding carboxylic acids is 3. The molecule has 0 unspecified atom stereocenters. The molecule has 1 saturated carbocycles. The van der Waals surface area contributed by atoms with Crippen LogP contribution in [0.2, 0.25) is 0 Å². The molecule has 0 N–H and O–H groups in total. The van der Waals surface area contributed by atoms with Crippen LogP contribution in [0.1, 0.15) is 39.5 Å². The zero-order chi connectivity index (χ0) is 25.1. The SMILES string of the molecule is CC(=O)c1cccc(N2C(=O)[C@@H]3[C@H](C2=O)[C@H]2C=C[C@H]3C2=C(c2ccc(C)cc2)c2ccc(C)cc2)c1. The maximum absolute atomic E-state index is 13.8. The predicted molar refractivity (Wildman–Crippen MR) is 140 cm³/mol. The van der Waals surface area contributed by atoms with Crippen molar-refractivity contribution in [1.29, 1.82) is 0 Å². The van der Waals surface area contributed by atoms with Crippen LogP contribution in [0.25, 0.3) is 5.57 Å². The number of aryl methyl sites for hydroxylation is 2. The molecule has 3 aromatic carbocycles. The molecule has 1 saturated heterocycles. The van der Waals surface area contributed by atoms with Crippen LogP contribution in [0.5, 0.6) is 0 Å². The summed E-state index contributed by atoms with van der Waals surface area (Å²) in [5.41, 5.74) is 7.83. The number of carbonyl (C=O) groups is 3. The largest absolute Gasteiger partial charge is 0.295 e. The van der Waals surface area contributed by atoms with E-state index in [1.54, 1.807) is 24.3 Å². The molecular weight excluding hydrogens is 446 g/mol. The third-order valence-corrected chi connectivity index (χ3v) is 7.90. The van der Waals surface area contributed by atoms with Gasteiger partial charge in [0.1, 0.15) is 0 Å². The molecule has 178 valence electrons. The second-order valence-corrected chi connectivity index (χ2v) is 10.2. The van der Waals surface area contributed by atoms with E-state index in [1.165, 1.54) is 23.0 Å². The normalized spacial score (nSPS) is 24.0. The fraction of sp³-hybridized carbons (Fsp3) is 0.219. The van der Waals surface area contributed by atoms with Gasteiger partial charge in [-0.15, -0.1) is 0 Å². The maximum Gasteiger partial charge on any atom is 0.238 e. The summed E-state index contributed by atoms with van der Waals surface area (Å²) in [5, 5.41) is 0. The second-order valence-electron chi connectivity index (χ2n) is 10.2. The van der Waals surface area contributed by atoms with Crippen LogP contribution in [0.4, 0.5) is 5.69 Å². The van der Waals surface area contributed by atoms with Crippen molar-refractivity contribution in [2.45, 2.75) is 20.8 Å². The molecule has 36 heavy (non-hydrogen) atoms. The first-order valence-corrected chi connectivity index (χ1v) is 12.4. The number of Topliss-reactive ketones (excluding diaryl/α,β-unsaturated/α-hetero) is 1. The minimum Gasteiger partial charge on any atom is -0.295 e. The number of hydrogen-bond donors (Lipinski definition) is 0. The lowest BCUT2D eigenvalue weighted by molar-refractivity contribution is -0.122. The Morgan fingerprint density at radius 1 is 0.694 bits per heavy atom. The van der Waals surface area contributed by atoms with E-state index in [4.69, 9.17) is 0 Å². The van der Waals surface area contributed by atoms with E-state index in [-0.39, 0.29) is 29.4 Å². The highest BCUT2D eigenvalue weighted by Crippen LogP contribution is 2.58. The van der Waals surface area contributed by atoms with Crippen molar-refractivity contribution in [3.05, 3.63) is 118 Å². The third-order valence-electron chi connectivity index (χ3n) is 7.90. The number of nitrogens with zero attached hydrogens (tertiary/aromatic N) is 1. The van der Waals surface area contributed by atoms with Crippen molar-refractivity contribution in [2.24, 2.45) is 23.7 Å². The van der Waals surface area contributed by atoms with Crippen molar-refractivity contribution in [2.75, 3.05) is 4.90 Å². The van der Waals surface area contributed by atoms with E-state index in [0.29, 0.717) is 11.3 Å². The van der Waals surface area contributed by atoms with Crippen molar-refractivity contribution in [1.82, 2.24) is 0 Å². The van der Waals surface area contributed by atoms with E-state index in [1.807, 2.05) is 0 Å². The Hall–Kier alpha value is -4.05. The van der Waals surface area contributed by atoms with E-state index < -0.39 is 11.8 Å². The summed E-state index contributed by atoms with van der Waals surface area (Å²) in [5.74, 6) is -1.54. The topological polar surface area (TPSA) is 54.5 Å². The van der Waals surface area contributed by atoms with Gasteiger partial charge in [0.2, 0.25) is 11.8 Å². The molecule has 3 aromatic rings. The highest BCUT2D eigenvalue weighted by Gasteiger charge is 2.62. The lowest BCUT2D eigenvalue weighted by Crippen LogP contribution is -2.33. The summed E-state index contributed by atoms with van der Waals surface area (Å²) in [6.45, 7) is 5.63. The molecule has 1 aliphatic heterocycles. The van der Waals surface area contributed by atoms with Gasteiger partial charge in [-0.05, 0) is 55.2 Å². The summed E-state index contributed by atoms with van der Waals surface area (Å²) in [6.07, 6.45) is 4.23. The highest BCUT2D eigenvalue weighted by atomic mass is 16.2. The minimum absolute atomic E-state index is 0.0936. The molecule has 2 aliphatic carbocycles. The lowest BCUT2D eigenvalue weighted by Gasteiger charge is -2.22. The van der Waals surface area contributed by atoms with Gasteiger partial charge in [-0.1, -0.05) is 83.9 Å². The predicted octanol–water partition coefficient (Wildman–Crippen LogP) is 5.93. The van der Waals surface area contributed by atoms with Crippen LogP contribution in [-0.4, -0.2) is 17.6 Å². The lowest BCUT2D eigenvalue weighted by atomic mass is 9.85. The van der Waals surface area contributed by atoms with Gasteiger partial charge in [0.25, 0.3) is 0 Å². The van der Waals surface area contributed by atoms with Crippen LogP contribution in [0.3, 0.4) is 0 Å². The molecule has 4 nitrogen and oxygen atoms in total. The molecule has 3 aliphatic rings. The Labute approximate surface area is 211 Å². The number of rotatable bonds is 4. The summed E-state index contributed by atoms with van der Waals surface area (Å²) >= 11 is 0. The van der Waals surface area contributed by atoms with Crippen molar-refractivity contribution < 1.29 is 14.4 Å². The van der Waals surface area contributed by atoms with Crippen LogP contribution in [0.15, 0.2) is 90.5 Å². The molecule has 2 fully saturated rings. The number of imide groups is 1. The molecule has 4 atom stereocenters. The Bertz CT molecular complexity index is 1400. The smallest absolute Gasteiger partial charge is 0.238 e. The molecule has 0 spiro atoms. The van der Waals surface area contributed by atoms with Gasteiger partial charge in [-0.3, -0.25) is 14.4 Å². The molecule has 6 rings (SSSR count). The van der Waals surface area contributed by atoms with Gasteiger partial charge in [0.05, 0.1) is 17.5 Å². The molecule has 1 heterocycles.